The largest absolute Gasteiger partial charge is 0.497 e. The second-order valence-corrected chi connectivity index (χ2v) is 8.25. The van der Waals surface area contributed by atoms with Crippen molar-refractivity contribution in [2.45, 2.75) is 5.16 Å². The van der Waals surface area contributed by atoms with Gasteiger partial charge < -0.3 is 10.1 Å². The van der Waals surface area contributed by atoms with E-state index < -0.39 is 0 Å². The third kappa shape index (κ3) is 5.34. The van der Waals surface area contributed by atoms with Crippen molar-refractivity contribution in [2.75, 3.05) is 18.2 Å². The van der Waals surface area contributed by atoms with E-state index in [9.17, 15) is 4.79 Å². The summed E-state index contributed by atoms with van der Waals surface area (Å²) in [6, 6.07) is 23.6. The first kappa shape index (κ1) is 22.4. The van der Waals surface area contributed by atoms with Gasteiger partial charge in [-0.15, -0.1) is 10.2 Å². The summed E-state index contributed by atoms with van der Waals surface area (Å²) in [5.41, 5.74) is 2.79. The number of ether oxygens (including phenoxy) is 1. The Bertz CT molecular complexity index is 1310. The van der Waals surface area contributed by atoms with E-state index >= 15 is 0 Å². The topological polar surface area (TPSA) is 92.8 Å². The molecule has 33 heavy (non-hydrogen) atoms. The number of hydrogen-bond acceptors (Lipinski definition) is 6. The average Bonchev–Trinajstić information content (AvgIpc) is 3.28. The summed E-state index contributed by atoms with van der Waals surface area (Å²) >= 11 is 7.34. The van der Waals surface area contributed by atoms with E-state index in [-0.39, 0.29) is 11.7 Å². The molecule has 164 valence electrons. The van der Waals surface area contributed by atoms with Crippen molar-refractivity contribution in [3.8, 4) is 28.9 Å². The van der Waals surface area contributed by atoms with Crippen LogP contribution in [0.4, 0.5) is 5.69 Å². The number of nitrogens with one attached hydrogen (secondary N) is 1. The van der Waals surface area contributed by atoms with Gasteiger partial charge in [-0.05, 0) is 60.7 Å². The minimum absolute atomic E-state index is 0.129. The Morgan fingerprint density at radius 1 is 1.12 bits per heavy atom. The lowest BCUT2D eigenvalue weighted by atomic mass is 10.2. The van der Waals surface area contributed by atoms with E-state index in [0.29, 0.717) is 33.0 Å². The molecule has 0 fully saturated rings. The first-order valence-electron chi connectivity index (χ1n) is 9.86. The Balaban J connectivity index is 1.59. The van der Waals surface area contributed by atoms with Crippen molar-refractivity contribution in [3.63, 3.8) is 0 Å². The van der Waals surface area contributed by atoms with Gasteiger partial charge in [-0.25, -0.2) is 0 Å². The highest BCUT2D eigenvalue weighted by atomic mass is 35.5. The number of amides is 1. The number of nitrogens with zero attached hydrogens (tertiary/aromatic N) is 4. The lowest BCUT2D eigenvalue weighted by Gasteiger charge is -2.11. The summed E-state index contributed by atoms with van der Waals surface area (Å²) in [6.45, 7) is 0. The molecule has 0 atom stereocenters. The number of nitriles is 1. The van der Waals surface area contributed by atoms with Crippen LogP contribution < -0.4 is 10.1 Å². The summed E-state index contributed by atoms with van der Waals surface area (Å²) in [7, 11) is 1.61. The van der Waals surface area contributed by atoms with Crippen molar-refractivity contribution < 1.29 is 9.53 Å². The van der Waals surface area contributed by atoms with Crippen LogP contribution in [0.2, 0.25) is 5.02 Å². The van der Waals surface area contributed by atoms with Crippen LogP contribution in [-0.4, -0.2) is 33.5 Å². The number of carbonyl (C=O) groups is 1. The third-order valence-electron chi connectivity index (χ3n) is 4.68. The quantitative estimate of drug-likeness (QED) is 0.369. The smallest absolute Gasteiger partial charge is 0.234 e. The van der Waals surface area contributed by atoms with Crippen LogP contribution in [0.1, 0.15) is 5.56 Å². The van der Waals surface area contributed by atoms with Gasteiger partial charge in [-0.1, -0.05) is 35.5 Å². The van der Waals surface area contributed by atoms with E-state index in [2.05, 4.69) is 21.6 Å². The highest BCUT2D eigenvalue weighted by Gasteiger charge is 2.18. The number of anilines is 1. The summed E-state index contributed by atoms with van der Waals surface area (Å²) < 4.78 is 7.22. The average molecular weight is 476 g/mol. The maximum Gasteiger partial charge on any atom is 0.234 e. The van der Waals surface area contributed by atoms with Crippen molar-refractivity contribution in [2.24, 2.45) is 0 Å². The molecule has 4 rings (SSSR count). The zero-order valence-electron chi connectivity index (χ0n) is 17.5. The Morgan fingerprint density at radius 2 is 1.88 bits per heavy atom. The van der Waals surface area contributed by atoms with Gasteiger partial charge in [0.2, 0.25) is 5.91 Å². The van der Waals surface area contributed by atoms with Gasteiger partial charge in [0, 0.05) is 22.0 Å². The van der Waals surface area contributed by atoms with E-state index in [1.165, 1.54) is 11.8 Å². The van der Waals surface area contributed by atoms with E-state index in [1.807, 2.05) is 41.0 Å². The number of thioether (sulfide) groups is 1. The number of hydrogen-bond donors (Lipinski definition) is 1. The minimum Gasteiger partial charge on any atom is -0.497 e. The molecule has 0 saturated heterocycles. The first-order valence-corrected chi connectivity index (χ1v) is 11.2. The molecule has 1 heterocycles. The molecule has 3 aromatic carbocycles. The van der Waals surface area contributed by atoms with Crippen molar-refractivity contribution in [1.29, 1.82) is 5.26 Å². The molecule has 0 saturated carbocycles. The number of carbonyl (C=O) groups excluding carboxylic acids is 1. The van der Waals surface area contributed by atoms with Gasteiger partial charge >= 0.3 is 0 Å². The van der Waals surface area contributed by atoms with Crippen LogP contribution in [0.25, 0.3) is 17.1 Å². The SMILES string of the molecule is COc1cccc(-c2nnc(SCC(=O)Nc3ccc(C#N)cc3)n2-c2ccc(Cl)cc2)c1. The molecule has 9 heteroatoms. The van der Waals surface area contributed by atoms with Crippen molar-refractivity contribution in [3.05, 3.63) is 83.4 Å². The number of halogens is 1. The Labute approximate surface area is 200 Å². The molecule has 7 nitrogen and oxygen atoms in total. The van der Waals surface area contributed by atoms with Crippen molar-refractivity contribution >= 4 is 35.0 Å². The van der Waals surface area contributed by atoms with Gasteiger partial charge in [0.05, 0.1) is 24.5 Å². The molecule has 0 spiro atoms. The number of benzene rings is 3. The molecule has 0 bridgehead atoms. The monoisotopic (exact) mass is 475 g/mol. The zero-order valence-corrected chi connectivity index (χ0v) is 19.1. The molecule has 1 amide bonds. The lowest BCUT2D eigenvalue weighted by molar-refractivity contribution is -0.113. The summed E-state index contributed by atoms with van der Waals surface area (Å²) in [6.07, 6.45) is 0. The maximum atomic E-state index is 12.5. The van der Waals surface area contributed by atoms with Gasteiger partial charge in [0.25, 0.3) is 0 Å². The summed E-state index contributed by atoms with van der Waals surface area (Å²) in [5, 5.41) is 21.6. The van der Waals surface area contributed by atoms with Gasteiger partial charge in [0.1, 0.15) is 5.75 Å². The van der Waals surface area contributed by atoms with Crippen LogP contribution >= 0.6 is 23.4 Å². The molecular weight excluding hydrogens is 458 g/mol. The minimum atomic E-state index is -0.196. The first-order chi connectivity index (χ1) is 16.1. The van der Waals surface area contributed by atoms with E-state index in [4.69, 9.17) is 21.6 Å². The lowest BCUT2D eigenvalue weighted by Crippen LogP contribution is -2.14. The Hall–Kier alpha value is -3.80. The molecular formula is C24H18ClN5O2S. The summed E-state index contributed by atoms with van der Waals surface area (Å²) in [4.78, 5) is 12.5. The molecule has 4 aromatic rings. The fourth-order valence-electron chi connectivity index (χ4n) is 3.09. The molecule has 1 aromatic heterocycles. The Morgan fingerprint density at radius 3 is 2.58 bits per heavy atom. The second kappa shape index (κ2) is 10.2. The summed E-state index contributed by atoms with van der Waals surface area (Å²) in [5.74, 6) is 1.25. The number of rotatable bonds is 7. The van der Waals surface area contributed by atoms with Gasteiger partial charge in [-0.3, -0.25) is 9.36 Å². The number of methoxy groups -OCH3 is 1. The molecule has 0 radical (unpaired) electrons. The molecule has 1 N–H and O–H groups in total. The van der Waals surface area contributed by atoms with Crippen LogP contribution in [0, 0.1) is 11.3 Å². The normalized spacial score (nSPS) is 10.5. The van der Waals surface area contributed by atoms with Crippen LogP contribution in [0.5, 0.6) is 5.75 Å². The van der Waals surface area contributed by atoms with Crippen molar-refractivity contribution in [1.82, 2.24) is 14.8 Å². The Kier molecular flexibility index (Phi) is 6.93. The standard InChI is InChI=1S/C24H18ClN5O2S/c1-32-21-4-2-3-17(13-21)23-28-29-24(30(23)20-11-7-18(25)8-12-20)33-15-22(31)27-19-9-5-16(14-26)6-10-19/h2-13H,15H2,1H3,(H,27,31). The fourth-order valence-corrected chi connectivity index (χ4v) is 3.97. The van der Waals surface area contributed by atoms with Crippen LogP contribution in [0.15, 0.2) is 78.0 Å². The van der Waals surface area contributed by atoms with Crippen LogP contribution in [0.3, 0.4) is 0 Å². The van der Waals surface area contributed by atoms with E-state index in [0.717, 1.165) is 11.3 Å². The fraction of sp³-hybridized carbons (Fsp3) is 0.0833. The van der Waals surface area contributed by atoms with Gasteiger partial charge in [0.15, 0.2) is 11.0 Å². The van der Waals surface area contributed by atoms with Crippen LogP contribution in [-0.2, 0) is 4.79 Å². The third-order valence-corrected chi connectivity index (χ3v) is 5.86. The predicted octanol–water partition coefficient (Wildman–Crippen LogP) is 5.20. The maximum absolute atomic E-state index is 12.5. The highest BCUT2D eigenvalue weighted by Crippen LogP contribution is 2.30. The molecule has 0 aliphatic carbocycles. The molecule has 0 unspecified atom stereocenters. The predicted molar refractivity (Wildman–Crippen MR) is 129 cm³/mol. The molecule has 0 aliphatic rings. The zero-order chi connectivity index (χ0) is 23.2. The highest BCUT2D eigenvalue weighted by molar-refractivity contribution is 7.99. The second-order valence-electron chi connectivity index (χ2n) is 6.88. The number of aromatic nitrogens is 3. The van der Waals surface area contributed by atoms with E-state index in [1.54, 1.807) is 43.5 Å². The van der Waals surface area contributed by atoms with Gasteiger partial charge in [-0.2, -0.15) is 5.26 Å². The molecule has 0 aliphatic heterocycles.